The molecule has 2 rings (SSSR count). The molecule has 7 nitrogen and oxygen atoms in total. The van der Waals surface area contributed by atoms with Gasteiger partial charge in [0.25, 0.3) is 11.6 Å². The Morgan fingerprint density at radius 3 is 2.40 bits per heavy atom. The summed E-state index contributed by atoms with van der Waals surface area (Å²) < 4.78 is 5.03. The molecule has 0 fully saturated rings. The fourth-order valence-corrected chi connectivity index (χ4v) is 2.16. The van der Waals surface area contributed by atoms with Crippen molar-refractivity contribution < 1.29 is 19.2 Å². The summed E-state index contributed by atoms with van der Waals surface area (Å²) in [4.78, 5) is 34.3. The van der Waals surface area contributed by atoms with Gasteiger partial charge in [0.1, 0.15) is 0 Å². The Bertz CT molecular complexity index is 824. The first-order valence-corrected chi connectivity index (χ1v) is 7.75. The van der Waals surface area contributed by atoms with E-state index in [9.17, 15) is 19.7 Å². The quantitative estimate of drug-likeness (QED) is 0.477. The number of nitrogens with zero attached hydrogens (tertiary/aromatic N) is 1. The molecule has 2 aromatic rings. The van der Waals surface area contributed by atoms with Crippen LogP contribution in [0.4, 0.5) is 11.4 Å². The van der Waals surface area contributed by atoms with E-state index in [1.165, 1.54) is 13.0 Å². The average Bonchev–Trinajstić information content (AvgIpc) is 2.56. The first-order valence-electron chi connectivity index (χ1n) is 6.99. The molecule has 1 amide bonds. The van der Waals surface area contributed by atoms with Gasteiger partial charge in [-0.3, -0.25) is 14.9 Å². The summed E-state index contributed by atoms with van der Waals surface area (Å²) in [6.07, 6.45) is -1.14. The van der Waals surface area contributed by atoms with Gasteiger partial charge in [0, 0.05) is 22.8 Å². The number of nitro benzene ring substituents is 1. The molecule has 0 spiro atoms. The lowest BCUT2D eigenvalue weighted by Gasteiger charge is -2.14. The number of non-ortho nitro benzene ring substituents is 1. The molecule has 130 valence electrons. The molecule has 1 atom stereocenters. The number of hydrogen-bond acceptors (Lipinski definition) is 5. The van der Waals surface area contributed by atoms with Crippen molar-refractivity contribution in [3.05, 3.63) is 68.2 Å². The van der Waals surface area contributed by atoms with E-state index in [0.29, 0.717) is 10.7 Å². The van der Waals surface area contributed by atoms with Gasteiger partial charge in [-0.05, 0) is 37.3 Å². The first kappa shape index (κ1) is 18.7. The number of rotatable bonds is 5. The molecule has 0 bridgehead atoms. The minimum Gasteiger partial charge on any atom is -0.449 e. The third kappa shape index (κ3) is 4.91. The number of carbonyl (C=O) groups is 2. The Balaban J connectivity index is 2.06. The zero-order valence-corrected chi connectivity index (χ0v) is 14.4. The molecule has 0 saturated carbocycles. The zero-order chi connectivity index (χ0) is 18.6. The molecule has 0 aliphatic rings. The minimum absolute atomic E-state index is 0.0130. The largest absolute Gasteiger partial charge is 0.449 e. The van der Waals surface area contributed by atoms with Crippen LogP contribution in [0.1, 0.15) is 17.3 Å². The predicted molar refractivity (Wildman–Crippen MR) is 93.1 cm³/mol. The van der Waals surface area contributed by atoms with Crippen molar-refractivity contribution in [2.45, 2.75) is 13.0 Å². The Hall–Kier alpha value is -2.64. The summed E-state index contributed by atoms with van der Waals surface area (Å²) in [7, 11) is 0. The van der Waals surface area contributed by atoms with Crippen LogP contribution in [-0.4, -0.2) is 22.9 Å². The van der Waals surface area contributed by atoms with Gasteiger partial charge < -0.3 is 10.1 Å². The highest BCUT2D eigenvalue weighted by atomic mass is 35.5. The number of benzene rings is 2. The second-order valence-electron chi connectivity index (χ2n) is 4.96. The van der Waals surface area contributed by atoms with Crippen LogP contribution in [-0.2, 0) is 9.53 Å². The SMILES string of the molecule is CC(OC(=O)c1cc([N+](=O)[O-])ccc1Cl)C(=O)Nc1ccc(Cl)cc1. The zero-order valence-electron chi connectivity index (χ0n) is 12.9. The smallest absolute Gasteiger partial charge is 0.340 e. The summed E-state index contributed by atoms with van der Waals surface area (Å²) in [6.45, 7) is 1.37. The van der Waals surface area contributed by atoms with Crippen LogP contribution in [0.2, 0.25) is 10.0 Å². The Morgan fingerprint density at radius 2 is 1.80 bits per heavy atom. The number of esters is 1. The molecule has 0 aliphatic heterocycles. The molecule has 9 heteroatoms. The Labute approximate surface area is 152 Å². The summed E-state index contributed by atoms with van der Waals surface area (Å²) in [5.41, 5.74) is -0.0256. The van der Waals surface area contributed by atoms with E-state index in [1.807, 2.05) is 0 Å². The summed E-state index contributed by atoms with van der Waals surface area (Å²) in [5, 5.41) is 13.8. The highest BCUT2D eigenvalue weighted by Crippen LogP contribution is 2.23. The maximum atomic E-state index is 12.1. The van der Waals surface area contributed by atoms with E-state index < -0.39 is 22.9 Å². The standard InChI is InChI=1S/C16H12Cl2N2O5/c1-9(15(21)19-11-4-2-10(17)3-5-11)25-16(22)13-8-12(20(23)24)6-7-14(13)18/h2-9H,1H3,(H,19,21). The van der Waals surface area contributed by atoms with Gasteiger partial charge >= 0.3 is 5.97 Å². The number of amides is 1. The highest BCUT2D eigenvalue weighted by molar-refractivity contribution is 6.33. The van der Waals surface area contributed by atoms with Gasteiger partial charge in [-0.2, -0.15) is 0 Å². The molecule has 0 heterocycles. The second-order valence-corrected chi connectivity index (χ2v) is 5.81. The molecule has 1 N–H and O–H groups in total. The van der Waals surface area contributed by atoms with Crippen LogP contribution in [0.15, 0.2) is 42.5 Å². The number of hydrogen-bond donors (Lipinski definition) is 1. The molecule has 0 radical (unpaired) electrons. The summed E-state index contributed by atoms with van der Waals surface area (Å²) >= 11 is 11.6. The number of ether oxygens (including phenoxy) is 1. The van der Waals surface area contributed by atoms with Crippen LogP contribution in [0.3, 0.4) is 0 Å². The lowest BCUT2D eigenvalue weighted by Crippen LogP contribution is -2.30. The number of nitro groups is 1. The molecule has 0 aromatic heterocycles. The minimum atomic E-state index is -1.14. The van der Waals surface area contributed by atoms with Crippen LogP contribution >= 0.6 is 23.2 Å². The van der Waals surface area contributed by atoms with Gasteiger partial charge in [-0.15, -0.1) is 0 Å². The van der Waals surface area contributed by atoms with E-state index in [2.05, 4.69) is 5.32 Å². The summed E-state index contributed by atoms with van der Waals surface area (Å²) in [6, 6.07) is 9.74. The molecule has 0 saturated heterocycles. The summed E-state index contributed by atoms with van der Waals surface area (Å²) in [5.74, 6) is -1.51. The maximum absolute atomic E-state index is 12.1. The average molecular weight is 383 g/mol. The number of anilines is 1. The molecule has 1 unspecified atom stereocenters. The third-order valence-electron chi connectivity index (χ3n) is 3.15. The third-order valence-corrected chi connectivity index (χ3v) is 3.73. The topological polar surface area (TPSA) is 98.5 Å². The van der Waals surface area contributed by atoms with Crippen molar-refractivity contribution in [3.63, 3.8) is 0 Å². The second kappa shape index (κ2) is 7.96. The van der Waals surface area contributed by atoms with Gasteiger partial charge in [0.2, 0.25) is 0 Å². The van der Waals surface area contributed by atoms with Gasteiger partial charge in [-0.25, -0.2) is 4.79 Å². The van der Waals surface area contributed by atoms with Crippen LogP contribution < -0.4 is 5.32 Å². The Morgan fingerprint density at radius 1 is 1.16 bits per heavy atom. The fourth-order valence-electron chi connectivity index (χ4n) is 1.84. The van der Waals surface area contributed by atoms with Gasteiger partial charge in [0.05, 0.1) is 15.5 Å². The van der Waals surface area contributed by atoms with Crippen molar-refractivity contribution in [1.29, 1.82) is 0 Å². The number of nitrogens with one attached hydrogen (secondary N) is 1. The Kier molecular flexibility index (Phi) is 5.95. The lowest BCUT2D eigenvalue weighted by molar-refractivity contribution is -0.384. The van der Waals surface area contributed by atoms with Crippen LogP contribution in [0.25, 0.3) is 0 Å². The first-order chi connectivity index (χ1) is 11.8. The number of halogens is 2. The number of carbonyl (C=O) groups excluding carboxylic acids is 2. The molecular formula is C16H12Cl2N2O5. The van der Waals surface area contributed by atoms with E-state index in [0.717, 1.165) is 12.1 Å². The normalized spacial score (nSPS) is 11.5. The van der Waals surface area contributed by atoms with Gasteiger partial charge in [0.15, 0.2) is 6.10 Å². The molecular weight excluding hydrogens is 371 g/mol. The van der Waals surface area contributed by atoms with E-state index in [4.69, 9.17) is 27.9 Å². The molecule has 0 aliphatic carbocycles. The maximum Gasteiger partial charge on any atom is 0.340 e. The monoisotopic (exact) mass is 382 g/mol. The van der Waals surface area contributed by atoms with Crippen LogP contribution in [0.5, 0.6) is 0 Å². The lowest BCUT2D eigenvalue weighted by atomic mass is 10.2. The van der Waals surface area contributed by atoms with E-state index in [1.54, 1.807) is 24.3 Å². The van der Waals surface area contributed by atoms with Crippen molar-refractivity contribution in [3.8, 4) is 0 Å². The highest BCUT2D eigenvalue weighted by Gasteiger charge is 2.22. The van der Waals surface area contributed by atoms with Crippen molar-refractivity contribution in [2.24, 2.45) is 0 Å². The van der Waals surface area contributed by atoms with E-state index >= 15 is 0 Å². The predicted octanol–water partition coefficient (Wildman–Crippen LogP) is 4.09. The molecule has 2 aromatic carbocycles. The molecule has 25 heavy (non-hydrogen) atoms. The van der Waals surface area contributed by atoms with E-state index in [-0.39, 0.29) is 16.3 Å². The fraction of sp³-hybridized carbons (Fsp3) is 0.125. The van der Waals surface area contributed by atoms with Crippen molar-refractivity contribution in [1.82, 2.24) is 0 Å². The van der Waals surface area contributed by atoms with Crippen molar-refractivity contribution >= 4 is 46.5 Å². The van der Waals surface area contributed by atoms with Crippen LogP contribution in [0, 0.1) is 10.1 Å². The van der Waals surface area contributed by atoms with Gasteiger partial charge in [-0.1, -0.05) is 23.2 Å². The van der Waals surface area contributed by atoms with Crippen molar-refractivity contribution in [2.75, 3.05) is 5.32 Å².